The van der Waals surface area contributed by atoms with E-state index in [1.165, 1.54) is 6.20 Å². The van der Waals surface area contributed by atoms with Crippen LogP contribution in [-0.4, -0.2) is 36.1 Å². The summed E-state index contributed by atoms with van der Waals surface area (Å²) in [4.78, 5) is 7.16. The van der Waals surface area contributed by atoms with E-state index >= 15 is 0 Å². The minimum Gasteiger partial charge on any atom is -0.393 e. The van der Waals surface area contributed by atoms with Crippen LogP contribution in [0.2, 0.25) is 0 Å². The molecule has 2 heterocycles. The van der Waals surface area contributed by atoms with Gasteiger partial charge in [0, 0.05) is 24.3 Å². The second-order valence-corrected chi connectivity index (χ2v) is 7.25. The normalized spacial score (nSPS) is 23.5. The third-order valence-electron chi connectivity index (χ3n) is 4.11. The molecule has 21 heavy (non-hydrogen) atoms. The van der Waals surface area contributed by atoms with Crippen molar-refractivity contribution in [2.45, 2.75) is 36.7 Å². The van der Waals surface area contributed by atoms with Gasteiger partial charge in [0.05, 0.1) is 6.10 Å². The topological polar surface area (TPSA) is 95.1 Å². The highest BCUT2D eigenvalue weighted by Gasteiger charge is 2.26. The van der Waals surface area contributed by atoms with Gasteiger partial charge < -0.3 is 10.1 Å². The van der Waals surface area contributed by atoms with Gasteiger partial charge in [0.25, 0.3) is 0 Å². The average Bonchev–Trinajstić information content (AvgIpc) is 2.91. The summed E-state index contributed by atoms with van der Waals surface area (Å²) in [7, 11) is -3.60. The monoisotopic (exact) mass is 309 g/mol. The molecule has 0 radical (unpaired) electrons. The Balaban J connectivity index is 1.77. The first-order valence-corrected chi connectivity index (χ1v) is 8.66. The molecule has 1 aliphatic rings. The highest BCUT2D eigenvalue weighted by atomic mass is 32.2. The summed E-state index contributed by atoms with van der Waals surface area (Å²) in [5.41, 5.74) is 0.551. The number of aromatic amines is 1. The predicted molar refractivity (Wildman–Crippen MR) is 79.2 cm³/mol. The summed E-state index contributed by atoms with van der Waals surface area (Å²) < 4.78 is 27.5. The smallest absolute Gasteiger partial charge is 0.242 e. The number of aromatic nitrogens is 2. The Hall–Kier alpha value is -1.44. The first-order chi connectivity index (χ1) is 10.1. The molecule has 2 aromatic heterocycles. The van der Waals surface area contributed by atoms with Crippen LogP contribution in [-0.2, 0) is 10.0 Å². The quantitative estimate of drug-likeness (QED) is 0.795. The van der Waals surface area contributed by atoms with Gasteiger partial charge in [-0.1, -0.05) is 12.8 Å². The van der Waals surface area contributed by atoms with Crippen LogP contribution in [0.1, 0.15) is 25.7 Å². The maximum atomic E-state index is 12.4. The molecule has 1 saturated carbocycles. The Morgan fingerprint density at radius 3 is 3.00 bits per heavy atom. The molecule has 0 bridgehead atoms. The number of nitrogens with zero attached hydrogens (tertiary/aromatic N) is 1. The van der Waals surface area contributed by atoms with Crippen molar-refractivity contribution in [1.29, 1.82) is 0 Å². The van der Waals surface area contributed by atoms with Crippen molar-refractivity contribution in [3.05, 3.63) is 24.5 Å². The van der Waals surface area contributed by atoms with Gasteiger partial charge in [-0.05, 0) is 30.9 Å². The first kappa shape index (κ1) is 14.5. The maximum Gasteiger partial charge on any atom is 0.242 e. The summed E-state index contributed by atoms with van der Waals surface area (Å²) in [6.07, 6.45) is 6.32. The number of hydrogen-bond donors (Lipinski definition) is 3. The Bertz CT molecular complexity index is 726. The third-order valence-corrected chi connectivity index (χ3v) is 5.57. The van der Waals surface area contributed by atoms with E-state index in [9.17, 15) is 13.5 Å². The second-order valence-electron chi connectivity index (χ2n) is 5.52. The van der Waals surface area contributed by atoms with Crippen molar-refractivity contribution in [1.82, 2.24) is 14.7 Å². The molecule has 6 nitrogen and oxygen atoms in total. The van der Waals surface area contributed by atoms with Gasteiger partial charge in [0.1, 0.15) is 10.5 Å². The van der Waals surface area contributed by atoms with Crippen molar-refractivity contribution in [2.75, 3.05) is 6.54 Å². The number of aliphatic hydroxyl groups excluding tert-OH is 1. The van der Waals surface area contributed by atoms with Crippen LogP contribution in [0.3, 0.4) is 0 Å². The minimum absolute atomic E-state index is 0.00291. The number of sulfonamides is 1. The SMILES string of the molecule is O=S(=O)(NCC1CCCCC1O)c1c[nH]c2ncccc12. The Labute approximate surface area is 123 Å². The first-order valence-electron chi connectivity index (χ1n) is 7.18. The van der Waals surface area contributed by atoms with E-state index in [2.05, 4.69) is 14.7 Å². The van der Waals surface area contributed by atoms with Crippen LogP contribution in [0.15, 0.2) is 29.4 Å². The zero-order chi connectivity index (χ0) is 14.9. The number of aliphatic hydroxyl groups is 1. The van der Waals surface area contributed by atoms with Crippen LogP contribution >= 0.6 is 0 Å². The molecule has 0 aliphatic heterocycles. The van der Waals surface area contributed by atoms with E-state index in [0.717, 1.165) is 25.7 Å². The van der Waals surface area contributed by atoms with E-state index in [-0.39, 0.29) is 17.4 Å². The molecule has 2 unspecified atom stereocenters. The lowest BCUT2D eigenvalue weighted by atomic mass is 9.87. The van der Waals surface area contributed by atoms with Crippen LogP contribution in [0.25, 0.3) is 11.0 Å². The molecular formula is C14H19N3O3S. The largest absolute Gasteiger partial charge is 0.393 e. The number of hydrogen-bond acceptors (Lipinski definition) is 4. The zero-order valence-corrected chi connectivity index (χ0v) is 12.4. The summed E-state index contributed by atoms with van der Waals surface area (Å²) >= 11 is 0. The van der Waals surface area contributed by atoms with Crippen LogP contribution in [0, 0.1) is 5.92 Å². The van der Waals surface area contributed by atoms with Gasteiger partial charge >= 0.3 is 0 Å². The standard InChI is InChI=1S/C14H19N3O3S/c18-12-6-2-1-4-10(12)8-17-21(19,20)13-9-16-14-11(13)5-3-7-15-14/h3,5,7,9-10,12,17-18H,1-2,4,6,8H2,(H,15,16). The molecule has 7 heteroatoms. The summed E-state index contributed by atoms with van der Waals surface area (Å²) in [6, 6.07) is 3.43. The van der Waals surface area contributed by atoms with Gasteiger partial charge in [-0.2, -0.15) is 0 Å². The fourth-order valence-corrected chi connectivity index (χ4v) is 4.13. The summed E-state index contributed by atoms with van der Waals surface area (Å²) in [5.74, 6) is -0.00291. The van der Waals surface area contributed by atoms with Crippen molar-refractivity contribution in [3.63, 3.8) is 0 Å². The predicted octanol–water partition coefficient (Wildman–Crippen LogP) is 1.39. The van der Waals surface area contributed by atoms with Gasteiger partial charge in [-0.3, -0.25) is 0 Å². The van der Waals surface area contributed by atoms with Gasteiger partial charge in [-0.25, -0.2) is 18.1 Å². The number of rotatable bonds is 4. The fraction of sp³-hybridized carbons (Fsp3) is 0.500. The highest BCUT2D eigenvalue weighted by molar-refractivity contribution is 7.89. The maximum absolute atomic E-state index is 12.4. The number of fused-ring (bicyclic) bond motifs is 1. The Morgan fingerprint density at radius 2 is 2.19 bits per heavy atom. The molecule has 114 valence electrons. The van der Waals surface area contributed by atoms with Crippen molar-refractivity contribution in [3.8, 4) is 0 Å². The lowest BCUT2D eigenvalue weighted by Crippen LogP contribution is -2.36. The Kier molecular flexibility index (Phi) is 3.97. The van der Waals surface area contributed by atoms with Gasteiger partial charge in [0.15, 0.2) is 0 Å². The summed E-state index contributed by atoms with van der Waals surface area (Å²) in [6.45, 7) is 0.274. The lowest BCUT2D eigenvalue weighted by Gasteiger charge is -2.27. The fourth-order valence-electron chi connectivity index (χ4n) is 2.87. The van der Waals surface area contributed by atoms with Crippen molar-refractivity contribution < 1.29 is 13.5 Å². The van der Waals surface area contributed by atoms with E-state index in [1.54, 1.807) is 18.3 Å². The molecule has 3 rings (SSSR count). The third kappa shape index (κ3) is 2.95. The molecule has 0 saturated heterocycles. The van der Waals surface area contributed by atoms with Gasteiger partial charge in [0.2, 0.25) is 10.0 Å². The Morgan fingerprint density at radius 1 is 1.38 bits per heavy atom. The lowest BCUT2D eigenvalue weighted by molar-refractivity contribution is 0.0724. The number of pyridine rings is 1. The molecule has 0 amide bonds. The minimum atomic E-state index is -3.60. The van der Waals surface area contributed by atoms with E-state index in [1.807, 2.05) is 0 Å². The van der Waals surface area contributed by atoms with Crippen LogP contribution in [0.5, 0.6) is 0 Å². The molecule has 2 aromatic rings. The van der Waals surface area contributed by atoms with E-state index in [4.69, 9.17) is 0 Å². The molecule has 0 spiro atoms. The molecule has 1 aliphatic carbocycles. The highest BCUT2D eigenvalue weighted by Crippen LogP contribution is 2.25. The van der Waals surface area contributed by atoms with Crippen molar-refractivity contribution >= 4 is 21.1 Å². The van der Waals surface area contributed by atoms with E-state index < -0.39 is 16.1 Å². The van der Waals surface area contributed by atoms with E-state index in [0.29, 0.717) is 11.0 Å². The number of H-pyrrole nitrogens is 1. The van der Waals surface area contributed by atoms with Crippen LogP contribution in [0.4, 0.5) is 0 Å². The van der Waals surface area contributed by atoms with Crippen molar-refractivity contribution in [2.24, 2.45) is 5.92 Å². The molecule has 3 N–H and O–H groups in total. The summed E-state index contributed by atoms with van der Waals surface area (Å²) in [5, 5.41) is 10.5. The van der Waals surface area contributed by atoms with Crippen LogP contribution < -0.4 is 4.72 Å². The van der Waals surface area contributed by atoms with Gasteiger partial charge in [-0.15, -0.1) is 0 Å². The molecular weight excluding hydrogens is 290 g/mol. The zero-order valence-electron chi connectivity index (χ0n) is 11.6. The molecule has 2 atom stereocenters. The second kappa shape index (κ2) is 5.75. The number of nitrogens with one attached hydrogen (secondary N) is 2. The molecule has 0 aromatic carbocycles. The molecule has 1 fully saturated rings. The average molecular weight is 309 g/mol.